The number of benzene rings is 1. The highest BCUT2D eigenvalue weighted by Crippen LogP contribution is 2.24. The highest BCUT2D eigenvalue weighted by molar-refractivity contribution is 9.10. The van der Waals surface area contributed by atoms with E-state index in [4.69, 9.17) is 0 Å². The SMILES string of the molecule is CCC(C)NC(C)c1ccc(F)cc1Br. The lowest BCUT2D eigenvalue weighted by Gasteiger charge is -2.20. The summed E-state index contributed by atoms with van der Waals surface area (Å²) in [6, 6.07) is 5.52. The average molecular weight is 274 g/mol. The first kappa shape index (κ1) is 12.7. The molecular weight excluding hydrogens is 257 g/mol. The first-order chi connectivity index (χ1) is 7.04. The zero-order valence-electron chi connectivity index (χ0n) is 9.35. The molecule has 0 aliphatic heterocycles. The smallest absolute Gasteiger partial charge is 0.124 e. The third-order valence-electron chi connectivity index (χ3n) is 2.58. The maximum absolute atomic E-state index is 12.9. The average Bonchev–Trinajstić information content (AvgIpc) is 2.17. The van der Waals surface area contributed by atoms with Gasteiger partial charge in [0.2, 0.25) is 0 Å². The molecule has 0 bridgehead atoms. The Hall–Kier alpha value is -0.410. The molecule has 0 aromatic heterocycles. The molecule has 1 rings (SSSR count). The van der Waals surface area contributed by atoms with Gasteiger partial charge in [-0.05, 0) is 38.0 Å². The fraction of sp³-hybridized carbons (Fsp3) is 0.500. The van der Waals surface area contributed by atoms with Crippen molar-refractivity contribution in [2.24, 2.45) is 0 Å². The van der Waals surface area contributed by atoms with E-state index in [9.17, 15) is 4.39 Å². The quantitative estimate of drug-likeness (QED) is 0.873. The van der Waals surface area contributed by atoms with Crippen LogP contribution in [0.5, 0.6) is 0 Å². The van der Waals surface area contributed by atoms with Crippen LogP contribution in [-0.4, -0.2) is 6.04 Å². The van der Waals surface area contributed by atoms with Crippen molar-refractivity contribution in [3.63, 3.8) is 0 Å². The van der Waals surface area contributed by atoms with Gasteiger partial charge in [-0.1, -0.05) is 28.9 Å². The van der Waals surface area contributed by atoms with E-state index in [2.05, 4.69) is 42.0 Å². The first-order valence-electron chi connectivity index (χ1n) is 5.25. The molecule has 15 heavy (non-hydrogen) atoms. The fourth-order valence-corrected chi connectivity index (χ4v) is 2.18. The summed E-state index contributed by atoms with van der Waals surface area (Å²) in [5.41, 5.74) is 1.09. The van der Waals surface area contributed by atoms with Gasteiger partial charge in [0.15, 0.2) is 0 Å². The van der Waals surface area contributed by atoms with Crippen molar-refractivity contribution in [2.45, 2.75) is 39.3 Å². The molecule has 0 saturated heterocycles. The van der Waals surface area contributed by atoms with Gasteiger partial charge in [0.05, 0.1) is 0 Å². The van der Waals surface area contributed by atoms with E-state index in [1.807, 2.05) is 6.07 Å². The topological polar surface area (TPSA) is 12.0 Å². The molecule has 1 nitrogen and oxygen atoms in total. The molecular formula is C12H17BrFN. The summed E-state index contributed by atoms with van der Waals surface area (Å²) < 4.78 is 13.7. The van der Waals surface area contributed by atoms with Crippen molar-refractivity contribution < 1.29 is 4.39 Å². The molecule has 0 aliphatic carbocycles. The van der Waals surface area contributed by atoms with Gasteiger partial charge in [0.25, 0.3) is 0 Å². The molecule has 0 fully saturated rings. The van der Waals surface area contributed by atoms with Gasteiger partial charge >= 0.3 is 0 Å². The molecule has 0 radical (unpaired) electrons. The molecule has 1 aromatic rings. The molecule has 1 N–H and O–H groups in total. The monoisotopic (exact) mass is 273 g/mol. The van der Waals surface area contributed by atoms with Gasteiger partial charge in [-0.2, -0.15) is 0 Å². The Morgan fingerprint density at radius 3 is 2.60 bits per heavy atom. The highest BCUT2D eigenvalue weighted by Gasteiger charge is 2.11. The van der Waals surface area contributed by atoms with E-state index in [0.29, 0.717) is 6.04 Å². The number of hydrogen-bond donors (Lipinski definition) is 1. The van der Waals surface area contributed by atoms with Crippen LogP contribution in [0.2, 0.25) is 0 Å². The van der Waals surface area contributed by atoms with Crippen LogP contribution in [0.3, 0.4) is 0 Å². The minimum atomic E-state index is -0.207. The van der Waals surface area contributed by atoms with Crippen molar-refractivity contribution >= 4 is 15.9 Å². The summed E-state index contributed by atoms with van der Waals surface area (Å²) in [6.45, 7) is 6.38. The Bertz CT molecular complexity index is 327. The second kappa shape index (κ2) is 5.61. The Kier molecular flexibility index (Phi) is 4.74. The Balaban J connectivity index is 2.77. The Labute approximate surface area is 99.2 Å². The van der Waals surface area contributed by atoms with Crippen LogP contribution in [0.25, 0.3) is 0 Å². The van der Waals surface area contributed by atoms with Crippen molar-refractivity contribution in [2.75, 3.05) is 0 Å². The van der Waals surface area contributed by atoms with Crippen LogP contribution in [0, 0.1) is 5.82 Å². The van der Waals surface area contributed by atoms with Crippen LogP contribution >= 0.6 is 15.9 Å². The predicted octanol–water partition coefficient (Wildman–Crippen LogP) is 4.04. The van der Waals surface area contributed by atoms with Crippen LogP contribution < -0.4 is 5.32 Å². The van der Waals surface area contributed by atoms with Crippen LogP contribution in [0.4, 0.5) is 4.39 Å². The maximum Gasteiger partial charge on any atom is 0.124 e. The first-order valence-corrected chi connectivity index (χ1v) is 6.05. The second-order valence-corrected chi connectivity index (χ2v) is 4.72. The van der Waals surface area contributed by atoms with E-state index >= 15 is 0 Å². The zero-order chi connectivity index (χ0) is 11.4. The van der Waals surface area contributed by atoms with Crippen LogP contribution in [0.15, 0.2) is 22.7 Å². The highest BCUT2D eigenvalue weighted by atomic mass is 79.9. The third kappa shape index (κ3) is 3.58. The molecule has 0 heterocycles. The number of nitrogens with one attached hydrogen (secondary N) is 1. The molecule has 0 amide bonds. The minimum Gasteiger partial charge on any atom is -0.308 e. The molecule has 3 heteroatoms. The van der Waals surface area contributed by atoms with Gasteiger partial charge < -0.3 is 5.32 Å². The van der Waals surface area contributed by atoms with Crippen LogP contribution in [-0.2, 0) is 0 Å². The van der Waals surface area contributed by atoms with E-state index in [1.165, 1.54) is 12.1 Å². The van der Waals surface area contributed by atoms with E-state index < -0.39 is 0 Å². The zero-order valence-corrected chi connectivity index (χ0v) is 10.9. The molecule has 1 aromatic carbocycles. The molecule has 0 aliphatic rings. The summed E-state index contributed by atoms with van der Waals surface area (Å²) in [7, 11) is 0. The lowest BCUT2D eigenvalue weighted by Crippen LogP contribution is -2.28. The minimum absolute atomic E-state index is 0.207. The molecule has 84 valence electrons. The number of hydrogen-bond acceptors (Lipinski definition) is 1. The lowest BCUT2D eigenvalue weighted by atomic mass is 10.1. The van der Waals surface area contributed by atoms with E-state index in [0.717, 1.165) is 16.5 Å². The van der Waals surface area contributed by atoms with Gasteiger partial charge in [0, 0.05) is 16.6 Å². The van der Waals surface area contributed by atoms with Gasteiger partial charge in [-0.3, -0.25) is 0 Å². The maximum atomic E-state index is 12.9. The number of rotatable bonds is 4. The van der Waals surface area contributed by atoms with Crippen molar-refractivity contribution in [3.8, 4) is 0 Å². The van der Waals surface area contributed by atoms with Crippen molar-refractivity contribution in [3.05, 3.63) is 34.1 Å². The number of halogens is 2. The normalized spacial score (nSPS) is 15.0. The van der Waals surface area contributed by atoms with E-state index in [-0.39, 0.29) is 11.9 Å². The summed E-state index contributed by atoms with van der Waals surface area (Å²) in [5, 5.41) is 3.45. The van der Waals surface area contributed by atoms with Gasteiger partial charge in [-0.15, -0.1) is 0 Å². The predicted molar refractivity (Wildman–Crippen MR) is 65.4 cm³/mol. The standard InChI is InChI=1S/C12H17BrFN/c1-4-8(2)15-9(3)11-6-5-10(14)7-12(11)13/h5-9,15H,4H2,1-3H3. The summed E-state index contributed by atoms with van der Waals surface area (Å²) in [4.78, 5) is 0. The molecule has 2 unspecified atom stereocenters. The van der Waals surface area contributed by atoms with Crippen molar-refractivity contribution in [1.29, 1.82) is 0 Å². The molecule has 0 spiro atoms. The van der Waals surface area contributed by atoms with Crippen molar-refractivity contribution in [1.82, 2.24) is 5.32 Å². The Morgan fingerprint density at radius 1 is 1.40 bits per heavy atom. The summed E-state index contributed by atoms with van der Waals surface area (Å²) in [5.74, 6) is -0.207. The molecule has 0 saturated carbocycles. The lowest BCUT2D eigenvalue weighted by molar-refractivity contribution is 0.468. The largest absolute Gasteiger partial charge is 0.308 e. The fourth-order valence-electron chi connectivity index (χ4n) is 1.49. The van der Waals surface area contributed by atoms with Crippen LogP contribution in [0.1, 0.15) is 38.8 Å². The van der Waals surface area contributed by atoms with Gasteiger partial charge in [0.1, 0.15) is 5.82 Å². The Morgan fingerprint density at radius 2 is 2.07 bits per heavy atom. The van der Waals surface area contributed by atoms with E-state index in [1.54, 1.807) is 0 Å². The molecule has 2 atom stereocenters. The van der Waals surface area contributed by atoms with Gasteiger partial charge in [-0.25, -0.2) is 4.39 Å². The summed E-state index contributed by atoms with van der Waals surface area (Å²) >= 11 is 3.38. The summed E-state index contributed by atoms with van der Waals surface area (Å²) in [6.07, 6.45) is 1.09. The third-order valence-corrected chi connectivity index (χ3v) is 3.26. The second-order valence-electron chi connectivity index (χ2n) is 3.86.